The second-order valence-corrected chi connectivity index (χ2v) is 5.94. The van der Waals surface area contributed by atoms with Crippen molar-refractivity contribution in [2.24, 2.45) is 0 Å². The Kier molecular flexibility index (Phi) is 6.10. The van der Waals surface area contributed by atoms with E-state index in [1.165, 1.54) is 20.1 Å². The first-order chi connectivity index (χ1) is 9.26. The van der Waals surface area contributed by atoms with E-state index in [0.717, 1.165) is 0 Å². The molecule has 4 nitrogen and oxygen atoms in total. The second-order valence-electron chi connectivity index (χ2n) is 5.02. The van der Waals surface area contributed by atoms with Crippen LogP contribution in [0.2, 0.25) is 0 Å². The summed E-state index contributed by atoms with van der Waals surface area (Å²) in [6, 6.07) is 4.48. The highest BCUT2D eigenvalue weighted by molar-refractivity contribution is 9.10. The molecule has 0 spiro atoms. The van der Waals surface area contributed by atoms with E-state index in [2.05, 4.69) is 21.2 Å². The minimum absolute atomic E-state index is 0.0990. The molecule has 0 radical (unpaired) electrons. The maximum Gasteiger partial charge on any atom is 0.254 e. The smallest absolute Gasteiger partial charge is 0.254 e. The molecule has 1 amide bonds. The molecule has 1 aromatic rings. The van der Waals surface area contributed by atoms with Gasteiger partial charge in [-0.1, -0.05) is 22.0 Å². The van der Waals surface area contributed by atoms with Crippen LogP contribution >= 0.6 is 15.9 Å². The number of benzene rings is 1. The minimum atomic E-state index is -1.60. The third kappa shape index (κ3) is 4.85. The molecule has 1 aromatic carbocycles. The lowest BCUT2D eigenvalue weighted by Gasteiger charge is -2.24. The highest BCUT2D eigenvalue weighted by Gasteiger charge is 2.31. The van der Waals surface area contributed by atoms with Crippen molar-refractivity contribution in [2.75, 3.05) is 13.7 Å². The van der Waals surface area contributed by atoms with Crippen molar-refractivity contribution < 1.29 is 19.0 Å². The van der Waals surface area contributed by atoms with E-state index in [-0.39, 0.29) is 18.5 Å². The van der Waals surface area contributed by atoms with E-state index in [1.54, 1.807) is 19.1 Å². The summed E-state index contributed by atoms with van der Waals surface area (Å²) in [5.74, 6) is -0.867. The van der Waals surface area contributed by atoms with Gasteiger partial charge < -0.3 is 15.2 Å². The van der Waals surface area contributed by atoms with Crippen LogP contribution in [-0.2, 0) is 16.0 Å². The number of amides is 1. The number of halogens is 2. The Morgan fingerprint density at radius 1 is 1.60 bits per heavy atom. The van der Waals surface area contributed by atoms with Gasteiger partial charge in [0.1, 0.15) is 5.82 Å². The molecule has 0 saturated carbocycles. The molecule has 2 atom stereocenters. The van der Waals surface area contributed by atoms with E-state index >= 15 is 0 Å². The zero-order chi connectivity index (χ0) is 15.3. The van der Waals surface area contributed by atoms with Crippen LogP contribution in [0.15, 0.2) is 22.7 Å². The molecule has 0 unspecified atom stereocenters. The Morgan fingerprint density at radius 2 is 2.25 bits per heavy atom. The number of carbonyl (C=O) groups is 1. The molecule has 0 aliphatic carbocycles. The number of methoxy groups -OCH3 is 1. The molecule has 0 fully saturated rings. The van der Waals surface area contributed by atoms with E-state index < -0.39 is 11.5 Å². The Labute approximate surface area is 126 Å². The lowest BCUT2D eigenvalue weighted by Crippen LogP contribution is -2.50. The van der Waals surface area contributed by atoms with Gasteiger partial charge in [-0.25, -0.2) is 4.39 Å². The molecule has 20 heavy (non-hydrogen) atoms. The van der Waals surface area contributed by atoms with Gasteiger partial charge in [0.15, 0.2) is 5.60 Å². The molecule has 0 saturated heterocycles. The van der Waals surface area contributed by atoms with Gasteiger partial charge in [-0.15, -0.1) is 0 Å². The van der Waals surface area contributed by atoms with Crippen LogP contribution < -0.4 is 5.32 Å². The zero-order valence-corrected chi connectivity index (χ0v) is 13.3. The summed E-state index contributed by atoms with van der Waals surface area (Å²) in [6.45, 7) is 3.03. The van der Waals surface area contributed by atoms with Gasteiger partial charge in [-0.3, -0.25) is 4.79 Å². The molecule has 6 heteroatoms. The molecule has 0 aromatic heterocycles. The van der Waals surface area contributed by atoms with Crippen molar-refractivity contribution in [3.05, 3.63) is 34.1 Å². The van der Waals surface area contributed by atoms with Crippen LogP contribution in [-0.4, -0.2) is 36.4 Å². The predicted octanol–water partition coefficient (Wildman–Crippen LogP) is 2.03. The minimum Gasteiger partial charge on any atom is -0.381 e. The number of nitrogens with one attached hydrogen (secondary N) is 1. The Balaban J connectivity index is 2.63. The van der Waals surface area contributed by atoms with Gasteiger partial charge in [0.2, 0.25) is 0 Å². The highest BCUT2D eigenvalue weighted by Crippen LogP contribution is 2.16. The summed E-state index contributed by atoms with van der Waals surface area (Å²) >= 11 is 3.19. The molecule has 1 rings (SSSR count). The second kappa shape index (κ2) is 7.15. The molecular weight excluding hydrogens is 329 g/mol. The normalized spacial score (nSPS) is 15.5. The van der Waals surface area contributed by atoms with Crippen molar-refractivity contribution in [3.8, 4) is 0 Å². The Bertz CT molecular complexity index is 479. The van der Waals surface area contributed by atoms with Gasteiger partial charge in [0.25, 0.3) is 5.91 Å². The van der Waals surface area contributed by atoms with Crippen molar-refractivity contribution in [1.82, 2.24) is 5.32 Å². The SMILES string of the molecule is COC[C@](C)(O)C(=O)N[C@H](C)Cc1ccc(Br)cc1F. The Hall–Kier alpha value is -0.980. The van der Waals surface area contributed by atoms with Crippen LogP contribution in [0, 0.1) is 5.82 Å². The molecule has 0 bridgehead atoms. The van der Waals surface area contributed by atoms with Crippen LogP contribution in [0.5, 0.6) is 0 Å². The van der Waals surface area contributed by atoms with Gasteiger partial charge in [-0.05, 0) is 38.0 Å². The number of hydrogen-bond acceptors (Lipinski definition) is 3. The predicted molar refractivity (Wildman–Crippen MR) is 77.9 cm³/mol. The monoisotopic (exact) mass is 347 g/mol. The van der Waals surface area contributed by atoms with Crippen LogP contribution in [0.1, 0.15) is 19.4 Å². The fourth-order valence-corrected chi connectivity index (χ4v) is 2.13. The van der Waals surface area contributed by atoms with Crippen molar-refractivity contribution in [1.29, 1.82) is 0 Å². The van der Waals surface area contributed by atoms with Crippen LogP contribution in [0.4, 0.5) is 4.39 Å². The molecular formula is C14H19BrFNO3. The summed E-state index contributed by atoms with van der Waals surface area (Å²) in [5, 5.41) is 12.5. The fourth-order valence-electron chi connectivity index (χ4n) is 1.79. The fraction of sp³-hybridized carbons (Fsp3) is 0.500. The van der Waals surface area contributed by atoms with Crippen LogP contribution in [0.25, 0.3) is 0 Å². The first kappa shape index (κ1) is 17.1. The third-order valence-electron chi connectivity index (χ3n) is 2.83. The average molecular weight is 348 g/mol. The van der Waals surface area contributed by atoms with Gasteiger partial charge in [-0.2, -0.15) is 0 Å². The maximum absolute atomic E-state index is 13.7. The summed E-state index contributed by atoms with van der Waals surface area (Å²) in [7, 11) is 1.41. The number of ether oxygens (including phenoxy) is 1. The first-order valence-corrected chi connectivity index (χ1v) is 7.02. The number of rotatable bonds is 6. The van der Waals surface area contributed by atoms with Gasteiger partial charge >= 0.3 is 0 Å². The number of carbonyl (C=O) groups excluding carboxylic acids is 1. The van der Waals surface area contributed by atoms with Gasteiger partial charge in [0.05, 0.1) is 6.61 Å². The van der Waals surface area contributed by atoms with Crippen LogP contribution in [0.3, 0.4) is 0 Å². The Morgan fingerprint density at radius 3 is 2.80 bits per heavy atom. The highest BCUT2D eigenvalue weighted by atomic mass is 79.9. The molecule has 0 aliphatic rings. The standard InChI is InChI=1S/C14H19BrFNO3/c1-9(17-13(18)14(2,19)8-20-3)6-10-4-5-11(15)7-12(10)16/h4-5,7,9,19H,6,8H2,1-3H3,(H,17,18)/t9-,14+/m1/s1. The third-order valence-corrected chi connectivity index (χ3v) is 3.33. The summed E-state index contributed by atoms with van der Waals surface area (Å²) < 4.78 is 19.1. The van der Waals surface area contributed by atoms with Crippen molar-refractivity contribution in [3.63, 3.8) is 0 Å². The summed E-state index contributed by atoms with van der Waals surface area (Å²) in [4.78, 5) is 11.9. The lowest BCUT2D eigenvalue weighted by molar-refractivity contribution is -0.143. The van der Waals surface area contributed by atoms with E-state index in [4.69, 9.17) is 4.74 Å². The number of aliphatic hydroxyl groups is 1. The molecule has 112 valence electrons. The maximum atomic E-state index is 13.7. The van der Waals surface area contributed by atoms with E-state index in [0.29, 0.717) is 16.5 Å². The molecule has 2 N–H and O–H groups in total. The lowest BCUT2D eigenvalue weighted by atomic mass is 10.0. The van der Waals surface area contributed by atoms with E-state index in [1.807, 2.05) is 0 Å². The first-order valence-electron chi connectivity index (χ1n) is 6.22. The number of hydrogen-bond donors (Lipinski definition) is 2. The quantitative estimate of drug-likeness (QED) is 0.827. The van der Waals surface area contributed by atoms with Gasteiger partial charge in [0, 0.05) is 17.6 Å². The zero-order valence-electron chi connectivity index (χ0n) is 11.7. The topological polar surface area (TPSA) is 58.6 Å². The van der Waals surface area contributed by atoms with Crippen molar-refractivity contribution in [2.45, 2.75) is 31.9 Å². The molecule has 0 heterocycles. The molecule has 0 aliphatic heterocycles. The van der Waals surface area contributed by atoms with E-state index in [9.17, 15) is 14.3 Å². The summed E-state index contributed by atoms with van der Waals surface area (Å²) in [5.41, 5.74) is -1.09. The average Bonchev–Trinajstić information content (AvgIpc) is 2.32. The summed E-state index contributed by atoms with van der Waals surface area (Å²) in [6.07, 6.45) is 0.341. The largest absolute Gasteiger partial charge is 0.381 e. The van der Waals surface area contributed by atoms with Crippen molar-refractivity contribution >= 4 is 21.8 Å².